The second kappa shape index (κ2) is 7.21. The predicted molar refractivity (Wildman–Crippen MR) is 71.8 cm³/mol. The van der Waals surface area contributed by atoms with E-state index in [9.17, 15) is 18.3 Å². The van der Waals surface area contributed by atoms with Gasteiger partial charge in [0.1, 0.15) is 0 Å². The third kappa shape index (κ3) is 5.46. The molecule has 1 atom stereocenters. The maximum Gasteiger partial charge on any atom is 0.389 e. The zero-order valence-electron chi connectivity index (χ0n) is 10.00. The maximum atomic E-state index is 12.1. The SMILES string of the molecule is COc1cc([C@H](N)CCC(F)(F)F)cc(Br)c1O.Cl. The fourth-order valence-electron chi connectivity index (χ4n) is 1.45. The van der Waals surface area contributed by atoms with Crippen molar-refractivity contribution in [3.05, 3.63) is 22.2 Å². The van der Waals surface area contributed by atoms with E-state index in [0.29, 0.717) is 10.0 Å². The molecule has 0 aromatic heterocycles. The summed E-state index contributed by atoms with van der Waals surface area (Å²) in [7, 11) is 1.35. The molecule has 0 saturated carbocycles. The lowest BCUT2D eigenvalue weighted by Gasteiger charge is -2.16. The molecule has 0 spiro atoms. The molecule has 0 aliphatic rings. The van der Waals surface area contributed by atoms with Crippen molar-refractivity contribution in [2.75, 3.05) is 7.11 Å². The molecule has 110 valence electrons. The van der Waals surface area contributed by atoms with Gasteiger partial charge in [-0.15, -0.1) is 12.4 Å². The molecule has 3 nitrogen and oxygen atoms in total. The molecular formula is C11H14BrClF3NO2. The van der Waals surface area contributed by atoms with E-state index in [4.69, 9.17) is 10.5 Å². The van der Waals surface area contributed by atoms with Gasteiger partial charge >= 0.3 is 6.18 Å². The summed E-state index contributed by atoms with van der Waals surface area (Å²) < 4.78 is 41.5. The first kappa shape index (κ1) is 18.3. The van der Waals surface area contributed by atoms with Crippen molar-refractivity contribution >= 4 is 28.3 Å². The normalized spacial score (nSPS) is 12.7. The van der Waals surface area contributed by atoms with Gasteiger partial charge in [0.2, 0.25) is 0 Å². The monoisotopic (exact) mass is 363 g/mol. The van der Waals surface area contributed by atoms with Crippen molar-refractivity contribution in [2.45, 2.75) is 25.1 Å². The highest BCUT2D eigenvalue weighted by Crippen LogP contribution is 2.37. The van der Waals surface area contributed by atoms with Crippen molar-refractivity contribution in [2.24, 2.45) is 5.73 Å². The largest absolute Gasteiger partial charge is 0.503 e. The lowest BCUT2D eigenvalue weighted by atomic mass is 10.0. The van der Waals surface area contributed by atoms with Crippen LogP contribution in [0.2, 0.25) is 0 Å². The van der Waals surface area contributed by atoms with Gasteiger partial charge in [0.05, 0.1) is 11.6 Å². The van der Waals surface area contributed by atoms with Gasteiger partial charge in [-0.2, -0.15) is 13.2 Å². The van der Waals surface area contributed by atoms with Crippen molar-refractivity contribution in [3.8, 4) is 11.5 Å². The number of halogens is 5. The van der Waals surface area contributed by atoms with E-state index < -0.39 is 18.6 Å². The number of ether oxygens (including phenoxy) is 1. The van der Waals surface area contributed by atoms with Crippen LogP contribution in [0, 0.1) is 0 Å². The van der Waals surface area contributed by atoms with Crippen LogP contribution in [0.1, 0.15) is 24.4 Å². The fraction of sp³-hybridized carbons (Fsp3) is 0.455. The number of methoxy groups -OCH3 is 1. The minimum Gasteiger partial charge on any atom is -0.503 e. The highest BCUT2D eigenvalue weighted by Gasteiger charge is 2.28. The Balaban J connectivity index is 0.00000324. The van der Waals surface area contributed by atoms with Crippen LogP contribution in [0.15, 0.2) is 16.6 Å². The lowest BCUT2D eigenvalue weighted by Crippen LogP contribution is -2.15. The van der Waals surface area contributed by atoms with E-state index in [1.807, 2.05) is 0 Å². The Morgan fingerprint density at radius 1 is 1.42 bits per heavy atom. The third-order valence-electron chi connectivity index (χ3n) is 2.44. The van der Waals surface area contributed by atoms with Gasteiger partial charge in [-0.1, -0.05) is 0 Å². The van der Waals surface area contributed by atoms with Gasteiger partial charge < -0.3 is 15.6 Å². The highest BCUT2D eigenvalue weighted by molar-refractivity contribution is 9.10. The molecule has 19 heavy (non-hydrogen) atoms. The maximum absolute atomic E-state index is 12.1. The predicted octanol–water partition coefficient (Wildman–Crippen LogP) is 3.93. The second-order valence-corrected chi connectivity index (χ2v) is 4.67. The second-order valence-electron chi connectivity index (χ2n) is 3.81. The van der Waals surface area contributed by atoms with Gasteiger partial charge in [-0.25, -0.2) is 0 Å². The van der Waals surface area contributed by atoms with Crippen LogP contribution in [0.4, 0.5) is 13.2 Å². The van der Waals surface area contributed by atoms with Crippen molar-refractivity contribution in [1.82, 2.24) is 0 Å². The molecule has 1 aromatic rings. The van der Waals surface area contributed by atoms with Gasteiger partial charge in [0.25, 0.3) is 0 Å². The van der Waals surface area contributed by atoms with Gasteiger partial charge in [-0.05, 0) is 40.0 Å². The molecule has 1 rings (SSSR count). The van der Waals surface area contributed by atoms with Gasteiger partial charge in [0.15, 0.2) is 11.5 Å². The Bertz CT molecular complexity index is 429. The lowest BCUT2D eigenvalue weighted by molar-refractivity contribution is -0.136. The third-order valence-corrected chi connectivity index (χ3v) is 3.04. The first-order chi connectivity index (χ1) is 8.24. The standard InChI is InChI=1S/C11H13BrF3NO2.ClH/c1-18-9-5-6(4-7(12)10(9)17)8(16)2-3-11(13,14)15;/h4-5,8,17H,2-3,16H2,1H3;1H/t8-;/m1./s1. The van der Waals surface area contributed by atoms with Crippen LogP contribution in [0.25, 0.3) is 0 Å². The summed E-state index contributed by atoms with van der Waals surface area (Å²) in [6.07, 6.45) is -5.39. The minimum absolute atomic E-state index is 0. The first-order valence-electron chi connectivity index (χ1n) is 5.13. The average molecular weight is 365 g/mol. The summed E-state index contributed by atoms with van der Waals surface area (Å²) >= 11 is 3.09. The van der Waals surface area contributed by atoms with E-state index in [1.165, 1.54) is 19.2 Å². The number of nitrogens with two attached hydrogens (primary N) is 1. The molecule has 8 heteroatoms. The molecule has 0 unspecified atom stereocenters. The molecule has 3 N–H and O–H groups in total. The Hall–Kier alpha value is -0.660. The van der Waals surface area contributed by atoms with Crippen LogP contribution in [-0.4, -0.2) is 18.4 Å². The highest BCUT2D eigenvalue weighted by atomic mass is 79.9. The van der Waals surface area contributed by atoms with E-state index >= 15 is 0 Å². The van der Waals surface area contributed by atoms with Gasteiger partial charge in [-0.3, -0.25) is 0 Å². The number of phenolic OH excluding ortho intramolecular Hbond substituents is 1. The number of hydrogen-bond donors (Lipinski definition) is 2. The molecule has 0 amide bonds. The molecular weight excluding hydrogens is 350 g/mol. The van der Waals surface area contributed by atoms with Crippen LogP contribution in [0.5, 0.6) is 11.5 Å². The van der Waals surface area contributed by atoms with Crippen molar-refractivity contribution in [3.63, 3.8) is 0 Å². The minimum atomic E-state index is -4.23. The molecule has 0 heterocycles. The van der Waals surface area contributed by atoms with Crippen LogP contribution >= 0.6 is 28.3 Å². The Labute approximate surface area is 123 Å². The molecule has 0 fully saturated rings. The summed E-state index contributed by atoms with van der Waals surface area (Å²) in [5.74, 6) is 0.0612. The Morgan fingerprint density at radius 3 is 2.47 bits per heavy atom. The summed E-state index contributed by atoms with van der Waals surface area (Å²) in [5.41, 5.74) is 6.16. The number of benzene rings is 1. The summed E-state index contributed by atoms with van der Waals surface area (Å²) in [6, 6.07) is 2.15. The number of alkyl halides is 3. The molecule has 0 aliphatic heterocycles. The zero-order valence-corrected chi connectivity index (χ0v) is 12.4. The molecule has 1 aromatic carbocycles. The molecule has 0 bridgehead atoms. The quantitative estimate of drug-likeness (QED) is 0.851. The molecule has 0 radical (unpaired) electrons. The van der Waals surface area contributed by atoms with Gasteiger partial charge in [0, 0.05) is 12.5 Å². The van der Waals surface area contributed by atoms with E-state index in [1.54, 1.807) is 0 Å². The zero-order chi connectivity index (χ0) is 13.9. The summed E-state index contributed by atoms with van der Waals surface area (Å²) in [6.45, 7) is 0. The number of rotatable bonds is 4. The topological polar surface area (TPSA) is 55.5 Å². The van der Waals surface area contributed by atoms with E-state index in [2.05, 4.69) is 15.9 Å². The Kier molecular flexibility index (Phi) is 6.96. The molecule has 0 saturated heterocycles. The van der Waals surface area contributed by atoms with E-state index in [0.717, 1.165) is 0 Å². The smallest absolute Gasteiger partial charge is 0.389 e. The number of hydrogen-bond acceptors (Lipinski definition) is 3. The number of phenols is 1. The fourth-order valence-corrected chi connectivity index (χ4v) is 1.91. The average Bonchev–Trinajstić information content (AvgIpc) is 2.28. The first-order valence-corrected chi connectivity index (χ1v) is 5.92. The number of aromatic hydroxyl groups is 1. The summed E-state index contributed by atoms with van der Waals surface area (Å²) in [4.78, 5) is 0. The van der Waals surface area contributed by atoms with E-state index in [-0.39, 0.29) is 30.3 Å². The van der Waals surface area contributed by atoms with Crippen LogP contribution < -0.4 is 10.5 Å². The molecule has 0 aliphatic carbocycles. The van der Waals surface area contributed by atoms with Crippen LogP contribution in [-0.2, 0) is 0 Å². The Morgan fingerprint density at radius 2 is 2.00 bits per heavy atom. The summed E-state index contributed by atoms with van der Waals surface area (Å²) in [5, 5.41) is 9.57. The van der Waals surface area contributed by atoms with Crippen molar-refractivity contribution < 1.29 is 23.0 Å². The van der Waals surface area contributed by atoms with Crippen molar-refractivity contribution in [1.29, 1.82) is 0 Å². The van der Waals surface area contributed by atoms with Crippen LogP contribution in [0.3, 0.4) is 0 Å².